The van der Waals surface area contributed by atoms with Crippen LogP contribution < -0.4 is 19.5 Å². The van der Waals surface area contributed by atoms with E-state index in [1.807, 2.05) is 0 Å². The molecule has 0 aromatic heterocycles. The van der Waals surface area contributed by atoms with Crippen LogP contribution in [-0.4, -0.2) is 33.6 Å². The zero-order chi connectivity index (χ0) is 21.8. The zero-order valence-corrected chi connectivity index (χ0v) is 18.4. The minimum Gasteiger partial charge on any atom is -0.490 e. The number of anilines is 1. The van der Waals surface area contributed by atoms with E-state index >= 15 is 0 Å². The van der Waals surface area contributed by atoms with Crippen LogP contribution in [0.4, 0.5) is 5.69 Å². The highest BCUT2D eigenvalue weighted by Gasteiger charge is 2.23. The summed E-state index contributed by atoms with van der Waals surface area (Å²) in [5.41, 5.74) is 0.894. The maximum absolute atomic E-state index is 12.8. The molecule has 0 radical (unpaired) electrons. The van der Waals surface area contributed by atoms with Gasteiger partial charge in [0.25, 0.3) is 15.9 Å². The first-order valence-electron chi connectivity index (χ1n) is 10.8. The van der Waals surface area contributed by atoms with Crippen LogP contribution in [0.3, 0.4) is 0 Å². The number of sulfonamides is 1. The number of nitrogens with one attached hydrogen (secondary N) is 2. The third-order valence-corrected chi connectivity index (χ3v) is 7.24. The fourth-order valence-corrected chi connectivity index (χ4v) is 5.07. The van der Waals surface area contributed by atoms with Crippen molar-refractivity contribution in [2.24, 2.45) is 5.92 Å². The van der Waals surface area contributed by atoms with E-state index < -0.39 is 10.0 Å². The molecule has 2 aromatic rings. The Bertz CT molecular complexity index is 1040. The summed E-state index contributed by atoms with van der Waals surface area (Å²) in [6.45, 7) is 3.19. The lowest BCUT2D eigenvalue weighted by Crippen LogP contribution is -2.41. The van der Waals surface area contributed by atoms with Crippen molar-refractivity contribution in [3.8, 4) is 11.5 Å². The molecule has 2 N–H and O–H groups in total. The number of carbonyl (C=O) groups excluding carboxylic acids is 1. The van der Waals surface area contributed by atoms with E-state index in [0.29, 0.717) is 41.9 Å². The molecular weight excluding hydrogens is 416 g/mol. The predicted octanol–water partition coefficient (Wildman–Crippen LogP) is 3.96. The van der Waals surface area contributed by atoms with Crippen molar-refractivity contribution in [3.05, 3.63) is 48.0 Å². The molecule has 1 aliphatic heterocycles. The van der Waals surface area contributed by atoms with Crippen molar-refractivity contribution in [3.63, 3.8) is 0 Å². The lowest BCUT2D eigenvalue weighted by molar-refractivity contribution is 0.0910. The quantitative estimate of drug-likeness (QED) is 0.728. The summed E-state index contributed by atoms with van der Waals surface area (Å²) in [6, 6.07) is 11.2. The molecule has 1 heterocycles. The first-order valence-corrected chi connectivity index (χ1v) is 12.2. The van der Waals surface area contributed by atoms with Crippen LogP contribution in [0.1, 0.15) is 49.4 Å². The van der Waals surface area contributed by atoms with Crippen LogP contribution in [0.15, 0.2) is 47.4 Å². The van der Waals surface area contributed by atoms with Crippen LogP contribution in [0, 0.1) is 5.92 Å². The number of hydrogen-bond acceptors (Lipinski definition) is 5. The predicted molar refractivity (Wildman–Crippen MR) is 118 cm³/mol. The summed E-state index contributed by atoms with van der Waals surface area (Å²) >= 11 is 0. The van der Waals surface area contributed by atoms with Crippen molar-refractivity contribution < 1.29 is 22.7 Å². The fraction of sp³-hybridized carbons (Fsp3) is 0.435. The van der Waals surface area contributed by atoms with Crippen molar-refractivity contribution in [1.82, 2.24) is 5.32 Å². The zero-order valence-electron chi connectivity index (χ0n) is 17.6. The van der Waals surface area contributed by atoms with Gasteiger partial charge in [0, 0.05) is 29.8 Å². The average Bonchev–Trinajstić information content (AvgIpc) is 3.00. The van der Waals surface area contributed by atoms with Gasteiger partial charge < -0.3 is 14.8 Å². The highest BCUT2D eigenvalue weighted by Crippen LogP contribution is 2.32. The topological polar surface area (TPSA) is 93.7 Å². The Labute approximate surface area is 183 Å². The Morgan fingerprint density at radius 1 is 0.935 bits per heavy atom. The summed E-state index contributed by atoms with van der Waals surface area (Å²) in [5, 5.41) is 3.11. The van der Waals surface area contributed by atoms with Gasteiger partial charge in [-0.15, -0.1) is 0 Å². The molecule has 1 fully saturated rings. The van der Waals surface area contributed by atoms with Crippen LogP contribution in [0.25, 0.3) is 0 Å². The Morgan fingerprint density at radius 3 is 2.39 bits per heavy atom. The molecule has 0 spiro atoms. The van der Waals surface area contributed by atoms with E-state index in [9.17, 15) is 13.2 Å². The highest BCUT2D eigenvalue weighted by molar-refractivity contribution is 7.92. The van der Waals surface area contributed by atoms with Gasteiger partial charge in [-0.25, -0.2) is 8.42 Å². The van der Waals surface area contributed by atoms with Gasteiger partial charge in [0.1, 0.15) is 0 Å². The summed E-state index contributed by atoms with van der Waals surface area (Å²) in [4.78, 5) is 12.7. The minimum absolute atomic E-state index is 0.0878. The highest BCUT2D eigenvalue weighted by atomic mass is 32.2. The third-order valence-electron chi connectivity index (χ3n) is 5.86. The molecule has 8 heteroatoms. The van der Waals surface area contributed by atoms with Gasteiger partial charge in [-0.05, 0) is 55.2 Å². The molecule has 0 unspecified atom stereocenters. The van der Waals surface area contributed by atoms with E-state index in [1.165, 1.54) is 18.6 Å². The maximum atomic E-state index is 12.8. The monoisotopic (exact) mass is 444 g/mol. The molecule has 166 valence electrons. The summed E-state index contributed by atoms with van der Waals surface area (Å²) in [6.07, 6.45) is 5.22. The van der Waals surface area contributed by atoms with Crippen LogP contribution >= 0.6 is 0 Å². The van der Waals surface area contributed by atoms with Gasteiger partial charge in [0.05, 0.1) is 18.1 Å². The third kappa shape index (κ3) is 5.12. The van der Waals surface area contributed by atoms with Gasteiger partial charge in [0.2, 0.25) is 0 Å². The number of benzene rings is 2. The second-order valence-electron chi connectivity index (χ2n) is 8.18. The van der Waals surface area contributed by atoms with Gasteiger partial charge in [-0.1, -0.05) is 19.8 Å². The van der Waals surface area contributed by atoms with Crippen molar-refractivity contribution in [2.45, 2.75) is 50.0 Å². The second-order valence-corrected chi connectivity index (χ2v) is 9.87. The lowest BCUT2D eigenvalue weighted by atomic mass is 9.86. The lowest BCUT2D eigenvalue weighted by Gasteiger charge is -2.29. The molecule has 0 saturated heterocycles. The molecular formula is C23H28N2O5S. The first kappa shape index (κ1) is 21.5. The Morgan fingerprint density at radius 2 is 1.65 bits per heavy atom. The van der Waals surface area contributed by atoms with Gasteiger partial charge in [-0.3, -0.25) is 9.52 Å². The average molecular weight is 445 g/mol. The molecule has 7 nitrogen and oxygen atoms in total. The number of rotatable bonds is 5. The molecule has 1 amide bonds. The van der Waals surface area contributed by atoms with E-state index in [4.69, 9.17) is 9.47 Å². The maximum Gasteiger partial charge on any atom is 0.262 e. The molecule has 2 aromatic carbocycles. The number of fused-ring (bicyclic) bond motifs is 1. The standard InChI is InChI=1S/C23H28N2O5S/c1-16-5-2-3-6-20(16)24-23(26)17-7-9-18(10-8-17)25-31(27,28)19-11-12-21-22(15-19)30-14-4-13-29-21/h7-12,15-16,20,25H,2-6,13-14H2,1H3,(H,24,26)/t16-,20+/m0/s1. The fourth-order valence-electron chi connectivity index (χ4n) is 4.00. The van der Waals surface area contributed by atoms with Crippen LogP contribution in [-0.2, 0) is 10.0 Å². The smallest absolute Gasteiger partial charge is 0.262 e. The van der Waals surface area contributed by atoms with Crippen LogP contribution in [0.5, 0.6) is 11.5 Å². The Hall–Kier alpha value is -2.74. The van der Waals surface area contributed by atoms with E-state index in [2.05, 4.69) is 17.0 Å². The number of carbonyl (C=O) groups is 1. The number of ether oxygens (including phenoxy) is 2. The summed E-state index contributed by atoms with van der Waals surface area (Å²) in [5.74, 6) is 1.30. The van der Waals surface area contributed by atoms with Crippen molar-refractivity contribution >= 4 is 21.6 Å². The molecule has 1 aliphatic carbocycles. The number of hydrogen-bond donors (Lipinski definition) is 2. The molecule has 1 saturated carbocycles. The van der Waals surface area contributed by atoms with E-state index in [0.717, 1.165) is 25.7 Å². The Balaban J connectivity index is 1.43. The summed E-state index contributed by atoms with van der Waals surface area (Å²) in [7, 11) is -3.81. The first-order chi connectivity index (χ1) is 14.9. The normalized spacial score (nSPS) is 21.1. The van der Waals surface area contributed by atoms with E-state index in [1.54, 1.807) is 30.3 Å². The second kappa shape index (κ2) is 9.18. The molecule has 2 atom stereocenters. The SMILES string of the molecule is C[C@H]1CCCC[C@H]1NC(=O)c1ccc(NS(=O)(=O)c2ccc3c(c2)OCCCO3)cc1. The van der Waals surface area contributed by atoms with E-state index in [-0.39, 0.29) is 16.8 Å². The van der Waals surface area contributed by atoms with Gasteiger partial charge >= 0.3 is 0 Å². The molecule has 2 aliphatic rings. The number of amides is 1. The van der Waals surface area contributed by atoms with Gasteiger partial charge in [0.15, 0.2) is 11.5 Å². The Kier molecular flexibility index (Phi) is 6.36. The van der Waals surface area contributed by atoms with Crippen LogP contribution in [0.2, 0.25) is 0 Å². The molecule has 0 bridgehead atoms. The molecule has 4 rings (SSSR count). The van der Waals surface area contributed by atoms with Crippen molar-refractivity contribution in [1.29, 1.82) is 0 Å². The minimum atomic E-state index is -3.81. The largest absolute Gasteiger partial charge is 0.490 e. The van der Waals surface area contributed by atoms with Crippen molar-refractivity contribution in [2.75, 3.05) is 17.9 Å². The molecule has 31 heavy (non-hydrogen) atoms. The van der Waals surface area contributed by atoms with Gasteiger partial charge in [-0.2, -0.15) is 0 Å². The summed E-state index contributed by atoms with van der Waals surface area (Å²) < 4.78 is 39.3.